The summed E-state index contributed by atoms with van der Waals surface area (Å²) in [4.78, 5) is 13.1. The molecule has 30 heavy (non-hydrogen) atoms. The van der Waals surface area contributed by atoms with Crippen molar-refractivity contribution in [2.75, 3.05) is 6.61 Å². The molecule has 3 nitrogen and oxygen atoms in total. The van der Waals surface area contributed by atoms with Gasteiger partial charge in [0, 0.05) is 5.54 Å². The van der Waals surface area contributed by atoms with Crippen molar-refractivity contribution in [3.05, 3.63) is 0 Å². The highest BCUT2D eigenvalue weighted by molar-refractivity contribution is 5.77. The van der Waals surface area contributed by atoms with Crippen LogP contribution < -0.4 is 5.73 Å². The second kappa shape index (κ2) is 10.8. The molecule has 2 N–H and O–H groups in total. The fourth-order valence-corrected chi connectivity index (χ4v) is 7.22. The van der Waals surface area contributed by atoms with Gasteiger partial charge >= 0.3 is 5.97 Å². The average Bonchev–Trinajstić information content (AvgIpc) is 2.66. The molecule has 0 aliphatic heterocycles. The van der Waals surface area contributed by atoms with Crippen molar-refractivity contribution < 1.29 is 9.53 Å². The second-order valence-electron chi connectivity index (χ2n) is 11.9. The van der Waals surface area contributed by atoms with Crippen LogP contribution in [0, 0.1) is 29.1 Å². The molecule has 4 aliphatic rings. The smallest absolute Gasteiger partial charge is 0.312 e. The van der Waals surface area contributed by atoms with Crippen LogP contribution in [-0.2, 0) is 9.53 Å². The number of carbonyl (C=O) groups excluding carboxylic acids is 1. The Morgan fingerprint density at radius 1 is 0.900 bits per heavy atom. The van der Waals surface area contributed by atoms with Gasteiger partial charge in [-0.2, -0.15) is 0 Å². The summed E-state index contributed by atoms with van der Waals surface area (Å²) in [6.07, 6.45) is 20.3. The zero-order chi connectivity index (χ0) is 21.6. The summed E-state index contributed by atoms with van der Waals surface area (Å²) in [7, 11) is 0. The largest absolute Gasteiger partial charge is 0.465 e. The van der Waals surface area contributed by atoms with E-state index in [1.165, 1.54) is 70.6 Å². The average molecular weight is 420 g/mol. The molecular weight excluding hydrogens is 370 g/mol. The van der Waals surface area contributed by atoms with E-state index in [9.17, 15) is 4.79 Å². The summed E-state index contributed by atoms with van der Waals surface area (Å²) in [6, 6.07) is 0. The Morgan fingerprint density at radius 3 is 1.90 bits per heavy atom. The molecule has 0 aromatic rings. The van der Waals surface area contributed by atoms with Gasteiger partial charge in [-0.05, 0) is 88.9 Å². The van der Waals surface area contributed by atoms with E-state index in [1.54, 1.807) is 0 Å². The number of hydrogen-bond donors (Lipinski definition) is 1. The van der Waals surface area contributed by atoms with Crippen LogP contribution in [0.2, 0.25) is 0 Å². The predicted octanol–water partition coefficient (Wildman–Crippen LogP) is 7.02. The van der Waals surface area contributed by atoms with Crippen LogP contribution in [0.1, 0.15) is 124 Å². The van der Waals surface area contributed by atoms with Crippen molar-refractivity contribution in [1.29, 1.82) is 0 Å². The van der Waals surface area contributed by atoms with Gasteiger partial charge in [-0.1, -0.05) is 58.3 Å². The summed E-state index contributed by atoms with van der Waals surface area (Å²) in [5, 5.41) is 0. The third kappa shape index (κ3) is 6.47. The fourth-order valence-electron chi connectivity index (χ4n) is 7.22. The molecular formula is C27H49NO2. The molecule has 4 aliphatic carbocycles. The second-order valence-corrected chi connectivity index (χ2v) is 11.9. The first-order valence-corrected chi connectivity index (χ1v) is 13.3. The highest BCUT2D eigenvalue weighted by Crippen LogP contribution is 2.60. The molecule has 174 valence electrons. The number of esters is 1. The van der Waals surface area contributed by atoms with Gasteiger partial charge in [-0.15, -0.1) is 0 Å². The van der Waals surface area contributed by atoms with Crippen LogP contribution in [0.25, 0.3) is 0 Å². The summed E-state index contributed by atoms with van der Waals surface area (Å²) >= 11 is 0. The monoisotopic (exact) mass is 419 g/mol. The molecule has 0 spiro atoms. The molecule has 4 saturated carbocycles. The van der Waals surface area contributed by atoms with Gasteiger partial charge in [0.1, 0.15) is 0 Å². The predicted molar refractivity (Wildman–Crippen MR) is 125 cm³/mol. The van der Waals surface area contributed by atoms with Crippen LogP contribution in [-0.4, -0.2) is 18.1 Å². The lowest BCUT2D eigenvalue weighted by Crippen LogP contribution is -2.50. The molecule has 0 aromatic carbocycles. The summed E-state index contributed by atoms with van der Waals surface area (Å²) in [6.45, 7) is 7.12. The topological polar surface area (TPSA) is 52.3 Å². The van der Waals surface area contributed by atoms with Crippen molar-refractivity contribution in [2.24, 2.45) is 34.8 Å². The summed E-state index contributed by atoms with van der Waals surface area (Å²) < 4.78 is 5.94. The molecule has 3 heteroatoms. The normalized spacial score (nSPS) is 31.1. The van der Waals surface area contributed by atoms with E-state index in [2.05, 4.69) is 20.8 Å². The highest BCUT2D eigenvalue weighted by Gasteiger charge is 2.55. The first-order valence-electron chi connectivity index (χ1n) is 13.3. The Morgan fingerprint density at radius 2 is 1.40 bits per heavy atom. The minimum absolute atomic E-state index is 0.125. The van der Waals surface area contributed by atoms with E-state index in [1.807, 2.05) is 0 Å². The van der Waals surface area contributed by atoms with Crippen LogP contribution in [0.5, 0.6) is 0 Å². The zero-order valence-corrected chi connectivity index (χ0v) is 20.2. The molecule has 1 atom stereocenters. The molecule has 0 saturated heterocycles. The maximum absolute atomic E-state index is 13.1. The molecule has 0 heterocycles. The van der Waals surface area contributed by atoms with Gasteiger partial charge in [0.2, 0.25) is 0 Å². The molecule has 4 rings (SSSR count). The first kappa shape index (κ1) is 24.1. The van der Waals surface area contributed by atoms with Crippen LogP contribution in [0.3, 0.4) is 0 Å². The van der Waals surface area contributed by atoms with E-state index in [-0.39, 0.29) is 16.9 Å². The number of rotatable bonds is 14. The Balaban J connectivity index is 1.36. The van der Waals surface area contributed by atoms with Gasteiger partial charge in [0.15, 0.2) is 0 Å². The van der Waals surface area contributed by atoms with Gasteiger partial charge in [0.25, 0.3) is 0 Å². The molecule has 0 radical (unpaired) electrons. The maximum atomic E-state index is 13.1. The van der Waals surface area contributed by atoms with Crippen molar-refractivity contribution in [3.8, 4) is 0 Å². The van der Waals surface area contributed by atoms with Crippen LogP contribution in [0.15, 0.2) is 0 Å². The van der Waals surface area contributed by atoms with Gasteiger partial charge < -0.3 is 10.5 Å². The summed E-state index contributed by atoms with van der Waals surface area (Å²) in [5.41, 5.74) is 6.17. The number of nitrogens with two attached hydrogens (primary N) is 1. The number of carbonyl (C=O) groups is 1. The van der Waals surface area contributed by atoms with E-state index in [4.69, 9.17) is 10.5 Å². The number of unbranched alkanes of at least 4 members (excludes halogenated alkanes) is 7. The Kier molecular flexibility index (Phi) is 8.70. The Bertz CT molecular complexity index is 500. The zero-order valence-electron chi connectivity index (χ0n) is 20.2. The van der Waals surface area contributed by atoms with Crippen molar-refractivity contribution in [1.82, 2.24) is 0 Å². The Hall–Kier alpha value is -0.570. The number of hydrogen-bond acceptors (Lipinski definition) is 3. The lowest BCUT2D eigenvalue weighted by Gasteiger charge is -2.55. The highest BCUT2D eigenvalue weighted by atomic mass is 16.5. The third-order valence-electron chi connectivity index (χ3n) is 8.63. The van der Waals surface area contributed by atoms with Crippen molar-refractivity contribution in [2.45, 2.75) is 129 Å². The van der Waals surface area contributed by atoms with E-state index in [0.717, 1.165) is 49.9 Å². The van der Waals surface area contributed by atoms with Gasteiger partial charge in [0.05, 0.1) is 12.0 Å². The molecule has 4 bridgehead atoms. The van der Waals surface area contributed by atoms with E-state index in [0.29, 0.717) is 12.5 Å². The van der Waals surface area contributed by atoms with Crippen LogP contribution >= 0.6 is 0 Å². The molecule has 4 fully saturated rings. The Labute approximate surface area is 186 Å². The third-order valence-corrected chi connectivity index (χ3v) is 8.63. The molecule has 0 aromatic heterocycles. The lowest BCUT2D eigenvalue weighted by atomic mass is 9.49. The minimum Gasteiger partial charge on any atom is -0.465 e. The quantitative estimate of drug-likeness (QED) is 0.243. The van der Waals surface area contributed by atoms with Gasteiger partial charge in [-0.3, -0.25) is 4.79 Å². The molecule has 0 amide bonds. The minimum atomic E-state index is -0.200. The standard InChI is InChI=1S/C27H49NO2/c1-4-5-6-7-8-9-10-11-12-24(26(2,3)28)13-14-30-25(29)27-18-21-15-22(19-27)17-23(16-21)20-27/h21-24H,4-20,28H2,1-3H3. The first-order chi connectivity index (χ1) is 14.3. The number of ether oxygens (including phenoxy) is 1. The SMILES string of the molecule is CCCCCCCCCCC(CCOC(=O)C12CC3CC(CC(C3)C1)C2)C(C)(C)N. The van der Waals surface area contributed by atoms with Crippen LogP contribution in [0.4, 0.5) is 0 Å². The van der Waals surface area contributed by atoms with E-state index >= 15 is 0 Å². The van der Waals surface area contributed by atoms with Crippen molar-refractivity contribution >= 4 is 5.97 Å². The van der Waals surface area contributed by atoms with E-state index < -0.39 is 0 Å². The summed E-state index contributed by atoms with van der Waals surface area (Å²) in [5.74, 6) is 2.94. The maximum Gasteiger partial charge on any atom is 0.312 e. The van der Waals surface area contributed by atoms with Gasteiger partial charge in [-0.25, -0.2) is 0 Å². The molecule has 1 unspecified atom stereocenters. The lowest BCUT2D eigenvalue weighted by molar-refractivity contribution is -0.172. The van der Waals surface area contributed by atoms with Crippen molar-refractivity contribution in [3.63, 3.8) is 0 Å². The fraction of sp³-hybridized carbons (Fsp3) is 0.963.